The summed E-state index contributed by atoms with van der Waals surface area (Å²) in [6.45, 7) is 0.370. The smallest absolute Gasteiger partial charge is 0.319 e. The highest BCUT2D eigenvalue weighted by Crippen LogP contribution is 2.33. The molecular formula is C23H16F5N3O2. The topological polar surface area (TPSA) is 66.2 Å². The number of amides is 2. The van der Waals surface area contributed by atoms with Crippen molar-refractivity contribution in [2.75, 3.05) is 11.9 Å². The molecule has 0 fully saturated rings. The number of carbonyl (C=O) groups is 1. The van der Waals surface area contributed by atoms with E-state index in [0.29, 0.717) is 18.7 Å². The molecule has 1 aromatic heterocycles. The lowest BCUT2D eigenvalue weighted by molar-refractivity contribution is 0.252. The monoisotopic (exact) mass is 461 g/mol. The molecule has 2 amide bonds. The molecule has 0 spiro atoms. The van der Waals surface area contributed by atoms with Gasteiger partial charge in [-0.3, -0.25) is 0 Å². The number of para-hydroxylation sites is 1. The summed E-state index contributed by atoms with van der Waals surface area (Å²) in [5, 5.41) is 6.35. The van der Waals surface area contributed by atoms with Gasteiger partial charge < -0.3 is 20.4 Å². The Hall–Kier alpha value is -4.08. The van der Waals surface area contributed by atoms with Crippen LogP contribution in [0.25, 0.3) is 10.9 Å². The zero-order valence-corrected chi connectivity index (χ0v) is 16.8. The minimum atomic E-state index is -2.27. The maximum absolute atomic E-state index is 13.7. The molecule has 0 aliphatic carbocycles. The standard InChI is InChI=1S/C23H16F5N3O2/c24-17-18(25)20(27)22(21(28)19(17)26)33-14-7-5-13(6-8-14)31-23(32)29-10-9-12-11-30-16-4-2-1-3-15(12)16/h1-8,11,30H,9-10H2,(H2,29,31,32). The zero-order chi connectivity index (χ0) is 23.5. The van der Waals surface area contributed by atoms with Gasteiger partial charge in [0.1, 0.15) is 5.75 Å². The van der Waals surface area contributed by atoms with Crippen LogP contribution in [0.2, 0.25) is 0 Å². The molecule has 0 unspecified atom stereocenters. The molecule has 4 aromatic rings. The molecule has 5 nitrogen and oxygen atoms in total. The third-order valence-electron chi connectivity index (χ3n) is 4.86. The van der Waals surface area contributed by atoms with E-state index in [0.717, 1.165) is 16.5 Å². The van der Waals surface area contributed by atoms with Crippen molar-refractivity contribution in [3.05, 3.63) is 89.4 Å². The van der Waals surface area contributed by atoms with E-state index in [4.69, 9.17) is 4.74 Å². The van der Waals surface area contributed by atoms with Gasteiger partial charge in [-0.05, 0) is 42.3 Å². The largest absolute Gasteiger partial charge is 0.451 e. The van der Waals surface area contributed by atoms with Crippen LogP contribution >= 0.6 is 0 Å². The predicted molar refractivity (Wildman–Crippen MR) is 112 cm³/mol. The van der Waals surface area contributed by atoms with Gasteiger partial charge >= 0.3 is 6.03 Å². The van der Waals surface area contributed by atoms with Crippen molar-refractivity contribution >= 4 is 22.6 Å². The second-order valence-corrected chi connectivity index (χ2v) is 7.02. The number of hydrogen-bond acceptors (Lipinski definition) is 2. The van der Waals surface area contributed by atoms with Crippen molar-refractivity contribution in [3.8, 4) is 11.5 Å². The molecule has 0 saturated heterocycles. The van der Waals surface area contributed by atoms with Gasteiger partial charge in [0, 0.05) is 29.3 Å². The minimum absolute atomic E-state index is 0.191. The van der Waals surface area contributed by atoms with Gasteiger partial charge in [0.15, 0.2) is 0 Å². The van der Waals surface area contributed by atoms with Gasteiger partial charge in [0.2, 0.25) is 34.8 Å². The number of hydrogen-bond donors (Lipinski definition) is 3. The van der Waals surface area contributed by atoms with Crippen LogP contribution in [0.5, 0.6) is 11.5 Å². The van der Waals surface area contributed by atoms with Gasteiger partial charge in [-0.1, -0.05) is 18.2 Å². The number of urea groups is 1. The molecule has 0 atom stereocenters. The van der Waals surface area contributed by atoms with E-state index < -0.39 is 40.9 Å². The predicted octanol–water partition coefficient (Wildman–Crippen LogP) is 6.02. The summed E-state index contributed by atoms with van der Waals surface area (Å²) in [5.74, 6) is -12.2. The average Bonchev–Trinajstić information content (AvgIpc) is 3.23. The van der Waals surface area contributed by atoms with E-state index in [9.17, 15) is 26.7 Å². The summed E-state index contributed by atoms with van der Waals surface area (Å²) < 4.78 is 72.0. The third kappa shape index (κ3) is 4.59. The van der Waals surface area contributed by atoms with Gasteiger partial charge in [0.05, 0.1) is 0 Å². The van der Waals surface area contributed by atoms with Crippen LogP contribution in [0.4, 0.5) is 32.4 Å². The second-order valence-electron chi connectivity index (χ2n) is 7.02. The summed E-state index contributed by atoms with van der Waals surface area (Å²) >= 11 is 0. The molecule has 0 saturated carbocycles. The molecule has 4 rings (SSSR count). The number of rotatable bonds is 6. The normalized spacial score (nSPS) is 10.9. The maximum atomic E-state index is 13.7. The first kappa shape index (κ1) is 22.1. The first-order chi connectivity index (χ1) is 15.8. The highest BCUT2D eigenvalue weighted by molar-refractivity contribution is 5.89. The van der Waals surface area contributed by atoms with Gasteiger partial charge in [0.25, 0.3) is 0 Å². The lowest BCUT2D eigenvalue weighted by atomic mass is 10.1. The van der Waals surface area contributed by atoms with E-state index in [1.54, 1.807) is 0 Å². The maximum Gasteiger partial charge on any atom is 0.319 e. The van der Waals surface area contributed by atoms with E-state index in [-0.39, 0.29) is 5.75 Å². The molecule has 33 heavy (non-hydrogen) atoms. The Morgan fingerprint density at radius 3 is 2.18 bits per heavy atom. The number of benzene rings is 3. The van der Waals surface area contributed by atoms with Crippen molar-refractivity contribution in [3.63, 3.8) is 0 Å². The van der Waals surface area contributed by atoms with Crippen LogP contribution < -0.4 is 15.4 Å². The first-order valence-electron chi connectivity index (χ1n) is 9.74. The number of ether oxygens (including phenoxy) is 1. The van der Waals surface area contributed by atoms with Crippen LogP contribution in [0.3, 0.4) is 0 Å². The number of anilines is 1. The van der Waals surface area contributed by atoms with Crippen LogP contribution in [0, 0.1) is 29.1 Å². The Morgan fingerprint density at radius 1 is 0.848 bits per heavy atom. The fourth-order valence-electron chi connectivity index (χ4n) is 3.22. The molecule has 170 valence electrons. The SMILES string of the molecule is O=C(NCCc1c[nH]c2ccccc12)Nc1ccc(Oc2c(F)c(F)c(F)c(F)c2F)cc1. The van der Waals surface area contributed by atoms with Crippen molar-refractivity contribution in [2.24, 2.45) is 0 Å². The number of H-pyrrole nitrogens is 1. The molecule has 0 bridgehead atoms. The number of carbonyl (C=O) groups excluding carboxylic acids is 1. The number of nitrogens with one attached hydrogen (secondary N) is 3. The van der Waals surface area contributed by atoms with E-state index >= 15 is 0 Å². The first-order valence-corrected chi connectivity index (χ1v) is 9.74. The van der Waals surface area contributed by atoms with E-state index in [1.807, 2.05) is 30.5 Å². The van der Waals surface area contributed by atoms with Crippen molar-refractivity contribution in [2.45, 2.75) is 6.42 Å². The number of aromatic nitrogens is 1. The van der Waals surface area contributed by atoms with Crippen LogP contribution in [0.1, 0.15) is 5.56 Å². The number of halogens is 5. The van der Waals surface area contributed by atoms with Crippen molar-refractivity contribution in [1.82, 2.24) is 10.3 Å². The Bertz CT molecular complexity index is 1290. The molecule has 1 heterocycles. The summed E-state index contributed by atoms with van der Waals surface area (Å²) in [6, 6.07) is 12.4. The lowest BCUT2D eigenvalue weighted by Gasteiger charge is -2.11. The molecule has 0 aliphatic rings. The number of aromatic amines is 1. The lowest BCUT2D eigenvalue weighted by Crippen LogP contribution is -2.30. The Morgan fingerprint density at radius 2 is 1.48 bits per heavy atom. The van der Waals surface area contributed by atoms with Gasteiger partial charge in [-0.15, -0.1) is 0 Å². The quantitative estimate of drug-likeness (QED) is 0.187. The summed E-state index contributed by atoms with van der Waals surface area (Å²) in [7, 11) is 0. The zero-order valence-electron chi connectivity index (χ0n) is 16.8. The van der Waals surface area contributed by atoms with Gasteiger partial charge in [-0.2, -0.15) is 8.78 Å². The Balaban J connectivity index is 1.34. The Labute approximate surface area is 184 Å². The van der Waals surface area contributed by atoms with Crippen molar-refractivity contribution < 1.29 is 31.5 Å². The molecule has 0 aliphatic heterocycles. The molecule has 0 radical (unpaired) electrons. The van der Waals surface area contributed by atoms with Crippen LogP contribution in [-0.4, -0.2) is 17.6 Å². The molecular weight excluding hydrogens is 445 g/mol. The minimum Gasteiger partial charge on any atom is -0.451 e. The fourth-order valence-corrected chi connectivity index (χ4v) is 3.22. The highest BCUT2D eigenvalue weighted by atomic mass is 19.2. The van der Waals surface area contributed by atoms with Gasteiger partial charge in [-0.25, -0.2) is 18.0 Å². The fraction of sp³-hybridized carbons (Fsp3) is 0.0870. The second kappa shape index (κ2) is 9.19. The molecule has 3 N–H and O–H groups in total. The number of fused-ring (bicyclic) bond motifs is 1. The average molecular weight is 461 g/mol. The summed E-state index contributed by atoms with van der Waals surface area (Å²) in [4.78, 5) is 15.3. The summed E-state index contributed by atoms with van der Waals surface area (Å²) in [5.41, 5.74) is 2.38. The molecule has 10 heteroatoms. The van der Waals surface area contributed by atoms with Crippen LogP contribution in [0.15, 0.2) is 54.7 Å². The summed E-state index contributed by atoms with van der Waals surface area (Å²) in [6.07, 6.45) is 2.49. The van der Waals surface area contributed by atoms with E-state index in [2.05, 4.69) is 15.6 Å². The third-order valence-corrected chi connectivity index (χ3v) is 4.86. The molecule has 3 aromatic carbocycles. The van der Waals surface area contributed by atoms with Crippen molar-refractivity contribution in [1.29, 1.82) is 0 Å². The van der Waals surface area contributed by atoms with Crippen LogP contribution in [-0.2, 0) is 6.42 Å². The highest BCUT2D eigenvalue weighted by Gasteiger charge is 2.27. The Kier molecular flexibility index (Phi) is 6.16. The van der Waals surface area contributed by atoms with E-state index in [1.165, 1.54) is 24.3 Å².